The van der Waals surface area contributed by atoms with Crippen molar-refractivity contribution in [1.82, 2.24) is 0 Å². The van der Waals surface area contributed by atoms with Crippen LogP contribution < -0.4 is 20.5 Å². The Kier molecular flexibility index (Phi) is 4.66. The molecule has 0 atom stereocenters. The van der Waals surface area contributed by atoms with Gasteiger partial charge in [-0.15, -0.1) is 0 Å². The summed E-state index contributed by atoms with van der Waals surface area (Å²) in [7, 11) is 1.54. The van der Waals surface area contributed by atoms with Crippen LogP contribution in [0.2, 0.25) is 0 Å². The first-order valence-corrected chi connectivity index (χ1v) is 6.62. The zero-order valence-corrected chi connectivity index (χ0v) is 12.1. The Labute approximate surface area is 123 Å². The Morgan fingerprint density at radius 2 is 1.95 bits per heavy atom. The first-order valence-electron chi connectivity index (χ1n) is 6.62. The highest BCUT2D eigenvalue weighted by atomic mass is 16.5. The number of hydrogen-bond donors (Lipinski definition) is 2. The van der Waals surface area contributed by atoms with Crippen LogP contribution in [0, 0.1) is 0 Å². The predicted molar refractivity (Wildman–Crippen MR) is 83.0 cm³/mol. The minimum Gasteiger partial charge on any atom is -0.495 e. The van der Waals surface area contributed by atoms with Crippen molar-refractivity contribution in [3.63, 3.8) is 0 Å². The molecule has 5 nitrogen and oxygen atoms in total. The maximum absolute atomic E-state index is 12.3. The molecule has 0 aliphatic rings. The van der Waals surface area contributed by atoms with Crippen molar-refractivity contribution in [3.05, 3.63) is 48.0 Å². The molecule has 0 aliphatic carbocycles. The highest BCUT2D eigenvalue weighted by Gasteiger charge is 2.12. The largest absolute Gasteiger partial charge is 0.495 e. The summed E-state index contributed by atoms with van der Waals surface area (Å²) in [5.41, 5.74) is 7.37. The monoisotopic (exact) mass is 286 g/mol. The Hall–Kier alpha value is -2.69. The van der Waals surface area contributed by atoms with Crippen LogP contribution in [-0.2, 0) is 0 Å². The summed E-state index contributed by atoms with van der Waals surface area (Å²) in [5.74, 6) is 0.880. The number of hydrogen-bond acceptors (Lipinski definition) is 4. The zero-order chi connectivity index (χ0) is 15.2. The summed E-state index contributed by atoms with van der Waals surface area (Å²) < 4.78 is 10.5. The molecule has 0 spiro atoms. The van der Waals surface area contributed by atoms with E-state index in [0.29, 0.717) is 35.0 Å². The van der Waals surface area contributed by atoms with Crippen molar-refractivity contribution in [1.29, 1.82) is 0 Å². The number of ether oxygens (including phenoxy) is 2. The lowest BCUT2D eigenvalue weighted by Gasteiger charge is -2.11. The molecular weight excluding hydrogens is 268 g/mol. The second-order valence-corrected chi connectivity index (χ2v) is 4.34. The van der Waals surface area contributed by atoms with E-state index in [2.05, 4.69) is 5.32 Å². The van der Waals surface area contributed by atoms with Gasteiger partial charge in [-0.25, -0.2) is 0 Å². The van der Waals surface area contributed by atoms with E-state index in [0.717, 1.165) is 0 Å². The summed E-state index contributed by atoms with van der Waals surface area (Å²) in [6.07, 6.45) is 0. The van der Waals surface area contributed by atoms with Gasteiger partial charge in [0.2, 0.25) is 0 Å². The van der Waals surface area contributed by atoms with Gasteiger partial charge in [0, 0.05) is 5.69 Å². The number of rotatable bonds is 5. The van der Waals surface area contributed by atoms with Gasteiger partial charge in [0.25, 0.3) is 5.91 Å². The molecule has 110 valence electrons. The average Bonchev–Trinajstić information content (AvgIpc) is 2.48. The summed E-state index contributed by atoms with van der Waals surface area (Å²) in [5, 5.41) is 2.79. The van der Waals surface area contributed by atoms with Crippen LogP contribution in [0.5, 0.6) is 11.5 Å². The third kappa shape index (κ3) is 3.45. The Morgan fingerprint density at radius 1 is 1.19 bits per heavy atom. The number of nitrogens with one attached hydrogen (secondary N) is 1. The molecular formula is C16H18N2O3. The molecule has 0 bridgehead atoms. The second kappa shape index (κ2) is 6.65. The maximum Gasteiger partial charge on any atom is 0.259 e. The van der Waals surface area contributed by atoms with Gasteiger partial charge in [0.1, 0.15) is 11.5 Å². The van der Waals surface area contributed by atoms with Gasteiger partial charge >= 0.3 is 0 Å². The standard InChI is InChI=1S/C16H18N2O3/c1-3-21-14-7-5-4-6-12(14)16(19)18-11-8-9-15(20-2)13(17)10-11/h4-10H,3,17H2,1-2H3,(H,18,19). The van der Waals surface area contributed by atoms with Crippen molar-refractivity contribution in [3.8, 4) is 11.5 Å². The molecule has 0 heterocycles. The Morgan fingerprint density at radius 3 is 2.62 bits per heavy atom. The Bertz CT molecular complexity index is 641. The van der Waals surface area contributed by atoms with E-state index in [-0.39, 0.29) is 5.91 Å². The molecule has 0 aromatic heterocycles. The third-order valence-corrected chi connectivity index (χ3v) is 2.92. The minimum atomic E-state index is -0.247. The predicted octanol–water partition coefficient (Wildman–Crippen LogP) is 2.93. The molecule has 0 unspecified atom stereocenters. The van der Waals surface area contributed by atoms with Gasteiger partial charge in [0.05, 0.1) is 25.0 Å². The van der Waals surface area contributed by atoms with Gasteiger partial charge in [-0.3, -0.25) is 4.79 Å². The normalized spacial score (nSPS) is 10.0. The summed E-state index contributed by atoms with van der Waals surface area (Å²) in [4.78, 5) is 12.3. The lowest BCUT2D eigenvalue weighted by atomic mass is 10.1. The van der Waals surface area contributed by atoms with Crippen LogP contribution in [0.1, 0.15) is 17.3 Å². The summed E-state index contributed by atoms with van der Waals surface area (Å²) in [6, 6.07) is 12.2. The first-order chi connectivity index (χ1) is 10.2. The molecule has 2 aromatic rings. The molecule has 0 saturated carbocycles. The molecule has 0 radical (unpaired) electrons. The van der Waals surface area contributed by atoms with Crippen LogP contribution in [0.3, 0.4) is 0 Å². The van der Waals surface area contributed by atoms with Crippen molar-refractivity contribution < 1.29 is 14.3 Å². The van der Waals surface area contributed by atoms with Crippen LogP contribution in [0.25, 0.3) is 0 Å². The molecule has 0 fully saturated rings. The van der Waals surface area contributed by atoms with Gasteiger partial charge in [0.15, 0.2) is 0 Å². The number of amides is 1. The fraction of sp³-hybridized carbons (Fsp3) is 0.188. The molecule has 3 N–H and O–H groups in total. The molecule has 0 saturated heterocycles. The van der Waals surface area contributed by atoms with Crippen LogP contribution in [0.4, 0.5) is 11.4 Å². The lowest BCUT2D eigenvalue weighted by molar-refractivity contribution is 0.102. The Balaban J connectivity index is 2.20. The van der Waals surface area contributed by atoms with E-state index >= 15 is 0 Å². The molecule has 2 aromatic carbocycles. The molecule has 2 rings (SSSR count). The number of benzene rings is 2. The quantitative estimate of drug-likeness (QED) is 0.829. The highest BCUT2D eigenvalue weighted by Crippen LogP contribution is 2.26. The number of para-hydroxylation sites is 1. The minimum absolute atomic E-state index is 0.247. The number of nitrogens with two attached hydrogens (primary N) is 1. The van der Waals surface area contributed by atoms with E-state index in [1.54, 1.807) is 43.5 Å². The molecule has 21 heavy (non-hydrogen) atoms. The van der Waals surface area contributed by atoms with Crippen LogP contribution >= 0.6 is 0 Å². The van der Waals surface area contributed by atoms with Gasteiger partial charge in [-0.05, 0) is 37.3 Å². The van der Waals surface area contributed by atoms with Crippen LogP contribution in [-0.4, -0.2) is 19.6 Å². The van der Waals surface area contributed by atoms with Gasteiger partial charge < -0.3 is 20.5 Å². The molecule has 0 aliphatic heterocycles. The first kappa shape index (κ1) is 14.7. The topological polar surface area (TPSA) is 73.6 Å². The lowest BCUT2D eigenvalue weighted by Crippen LogP contribution is -2.13. The van der Waals surface area contributed by atoms with Gasteiger partial charge in [-0.1, -0.05) is 12.1 Å². The van der Waals surface area contributed by atoms with Crippen LogP contribution in [0.15, 0.2) is 42.5 Å². The van der Waals surface area contributed by atoms with E-state index < -0.39 is 0 Å². The fourth-order valence-corrected chi connectivity index (χ4v) is 1.95. The van der Waals surface area contributed by atoms with Crippen molar-refractivity contribution >= 4 is 17.3 Å². The number of anilines is 2. The summed E-state index contributed by atoms with van der Waals surface area (Å²) >= 11 is 0. The third-order valence-electron chi connectivity index (χ3n) is 2.92. The van der Waals surface area contributed by atoms with E-state index in [1.807, 2.05) is 13.0 Å². The maximum atomic E-state index is 12.3. The average molecular weight is 286 g/mol. The fourth-order valence-electron chi connectivity index (χ4n) is 1.95. The van der Waals surface area contributed by atoms with E-state index in [9.17, 15) is 4.79 Å². The SMILES string of the molecule is CCOc1ccccc1C(=O)Nc1ccc(OC)c(N)c1. The van der Waals surface area contributed by atoms with E-state index in [1.165, 1.54) is 0 Å². The smallest absolute Gasteiger partial charge is 0.259 e. The number of methoxy groups -OCH3 is 1. The number of carbonyl (C=O) groups excluding carboxylic acids is 1. The van der Waals surface area contributed by atoms with Crippen molar-refractivity contribution in [2.45, 2.75) is 6.92 Å². The molecule has 1 amide bonds. The highest BCUT2D eigenvalue weighted by molar-refractivity contribution is 6.06. The van der Waals surface area contributed by atoms with Crippen molar-refractivity contribution in [2.75, 3.05) is 24.8 Å². The molecule has 5 heteroatoms. The van der Waals surface area contributed by atoms with Gasteiger partial charge in [-0.2, -0.15) is 0 Å². The second-order valence-electron chi connectivity index (χ2n) is 4.34. The van der Waals surface area contributed by atoms with Crippen molar-refractivity contribution in [2.24, 2.45) is 0 Å². The zero-order valence-electron chi connectivity index (χ0n) is 12.1. The number of nitrogen functional groups attached to an aromatic ring is 1. The summed E-state index contributed by atoms with van der Waals surface area (Å²) in [6.45, 7) is 2.37. The van der Waals surface area contributed by atoms with E-state index in [4.69, 9.17) is 15.2 Å². The number of carbonyl (C=O) groups is 1.